The minimum absolute atomic E-state index is 0.0677. The summed E-state index contributed by atoms with van der Waals surface area (Å²) in [6, 6.07) is 9.43. The molecule has 2 rings (SSSR count). The zero-order valence-corrected chi connectivity index (χ0v) is 11.3. The van der Waals surface area contributed by atoms with Crippen LogP contribution in [0.25, 0.3) is 0 Å². The van der Waals surface area contributed by atoms with Crippen molar-refractivity contribution in [1.29, 1.82) is 0 Å². The summed E-state index contributed by atoms with van der Waals surface area (Å²) in [5, 5.41) is 2.91. The summed E-state index contributed by atoms with van der Waals surface area (Å²) in [6.07, 6.45) is 2.48. The largest absolute Gasteiger partial charge is 0.481 e. The van der Waals surface area contributed by atoms with Gasteiger partial charge in [-0.2, -0.15) is 0 Å². The molecule has 0 saturated carbocycles. The maximum absolute atomic E-state index is 12.0. The normalized spacial score (nSPS) is 19.9. The highest BCUT2D eigenvalue weighted by Crippen LogP contribution is 2.13. The van der Waals surface area contributed by atoms with Crippen LogP contribution in [0.5, 0.6) is 5.75 Å². The zero-order valence-electron chi connectivity index (χ0n) is 11.3. The Hall–Kier alpha value is -1.55. The van der Waals surface area contributed by atoms with Crippen LogP contribution in [0, 0.1) is 0 Å². The lowest BCUT2D eigenvalue weighted by Crippen LogP contribution is -2.41. The van der Waals surface area contributed by atoms with E-state index < -0.39 is 6.10 Å². The highest BCUT2D eigenvalue weighted by molar-refractivity contribution is 5.81. The quantitative estimate of drug-likeness (QED) is 0.855. The highest BCUT2D eigenvalue weighted by atomic mass is 16.5. The molecule has 19 heavy (non-hydrogen) atoms. The van der Waals surface area contributed by atoms with Gasteiger partial charge in [0.1, 0.15) is 5.75 Å². The molecule has 1 saturated heterocycles. The summed E-state index contributed by atoms with van der Waals surface area (Å²) in [5.41, 5.74) is 0. The molecule has 0 bridgehead atoms. The van der Waals surface area contributed by atoms with Gasteiger partial charge >= 0.3 is 0 Å². The van der Waals surface area contributed by atoms with Gasteiger partial charge in [-0.3, -0.25) is 4.79 Å². The second-order valence-electron chi connectivity index (χ2n) is 4.71. The van der Waals surface area contributed by atoms with E-state index in [0.717, 1.165) is 25.2 Å². The molecule has 0 aromatic heterocycles. The fourth-order valence-corrected chi connectivity index (χ4v) is 2.12. The Labute approximate surface area is 114 Å². The Balaban J connectivity index is 1.81. The van der Waals surface area contributed by atoms with Gasteiger partial charge in [-0.25, -0.2) is 0 Å². The summed E-state index contributed by atoms with van der Waals surface area (Å²) in [7, 11) is 0. The number of rotatable bonds is 6. The van der Waals surface area contributed by atoms with E-state index in [1.165, 1.54) is 0 Å². The highest BCUT2D eigenvalue weighted by Gasteiger charge is 2.21. The number of carbonyl (C=O) groups excluding carboxylic acids is 1. The molecule has 0 unspecified atom stereocenters. The second kappa shape index (κ2) is 7.14. The molecular formula is C15H21NO3. The van der Waals surface area contributed by atoms with Crippen LogP contribution in [0.2, 0.25) is 0 Å². The molecule has 1 fully saturated rings. The van der Waals surface area contributed by atoms with E-state index >= 15 is 0 Å². The van der Waals surface area contributed by atoms with Gasteiger partial charge < -0.3 is 14.8 Å². The van der Waals surface area contributed by atoms with Crippen LogP contribution in [-0.2, 0) is 9.53 Å². The van der Waals surface area contributed by atoms with E-state index in [4.69, 9.17) is 9.47 Å². The first-order valence-electron chi connectivity index (χ1n) is 6.90. The average Bonchev–Trinajstić information content (AvgIpc) is 2.96. The summed E-state index contributed by atoms with van der Waals surface area (Å²) >= 11 is 0. The van der Waals surface area contributed by atoms with E-state index in [-0.39, 0.29) is 12.0 Å². The van der Waals surface area contributed by atoms with Crippen LogP contribution >= 0.6 is 0 Å². The summed E-state index contributed by atoms with van der Waals surface area (Å²) in [6.45, 7) is 3.32. The summed E-state index contributed by atoms with van der Waals surface area (Å²) < 4.78 is 11.2. The third kappa shape index (κ3) is 4.24. The van der Waals surface area contributed by atoms with Crippen molar-refractivity contribution in [1.82, 2.24) is 5.32 Å². The number of nitrogens with one attached hydrogen (secondary N) is 1. The lowest BCUT2D eigenvalue weighted by Gasteiger charge is -2.18. The average molecular weight is 263 g/mol. The number of ether oxygens (including phenoxy) is 2. The first-order valence-corrected chi connectivity index (χ1v) is 6.90. The molecule has 1 aliphatic rings. The van der Waals surface area contributed by atoms with Crippen molar-refractivity contribution < 1.29 is 14.3 Å². The van der Waals surface area contributed by atoms with Crippen molar-refractivity contribution in [2.45, 2.75) is 38.4 Å². The van der Waals surface area contributed by atoms with Gasteiger partial charge in [0.2, 0.25) is 0 Å². The fraction of sp³-hybridized carbons (Fsp3) is 0.533. The number of para-hydroxylation sites is 1. The molecule has 1 N–H and O–H groups in total. The van der Waals surface area contributed by atoms with E-state index in [9.17, 15) is 4.79 Å². The third-order valence-electron chi connectivity index (χ3n) is 3.21. The van der Waals surface area contributed by atoms with Crippen molar-refractivity contribution in [2.75, 3.05) is 13.2 Å². The van der Waals surface area contributed by atoms with Gasteiger partial charge in [0.05, 0.1) is 6.10 Å². The molecule has 1 aliphatic heterocycles. The Bertz CT molecular complexity index is 388. The van der Waals surface area contributed by atoms with Gasteiger partial charge in [-0.1, -0.05) is 25.1 Å². The minimum Gasteiger partial charge on any atom is -0.481 e. The van der Waals surface area contributed by atoms with Gasteiger partial charge in [0.15, 0.2) is 6.10 Å². The molecular weight excluding hydrogens is 242 g/mol. The zero-order chi connectivity index (χ0) is 13.5. The Morgan fingerprint density at radius 1 is 1.47 bits per heavy atom. The summed E-state index contributed by atoms with van der Waals surface area (Å²) in [5.74, 6) is 0.656. The lowest BCUT2D eigenvalue weighted by atomic mass is 10.2. The number of benzene rings is 1. The Morgan fingerprint density at radius 3 is 2.89 bits per heavy atom. The third-order valence-corrected chi connectivity index (χ3v) is 3.21. The molecule has 0 aliphatic carbocycles. The van der Waals surface area contributed by atoms with Crippen molar-refractivity contribution in [3.8, 4) is 5.75 Å². The van der Waals surface area contributed by atoms with E-state index in [2.05, 4.69) is 5.32 Å². The second-order valence-corrected chi connectivity index (χ2v) is 4.71. The number of hydrogen-bond donors (Lipinski definition) is 1. The van der Waals surface area contributed by atoms with E-state index in [1.807, 2.05) is 37.3 Å². The van der Waals surface area contributed by atoms with Crippen molar-refractivity contribution in [3.05, 3.63) is 30.3 Å². The van der Waals surface area contributed by atoms with Crippen LogP contribution in [-0.4, -0.2) is 31.3 Å². The van der Waals surface area contributed by atoms with Crippen LogP contribution in [0.4, 0.5) is 0 Å². The molecule has 0 spiro atoms. The van der Waals surface area contributed by atoms with Gasteiger partial charge in [-0.15, -0.1) is 0 Å². The standard InChI is InChI=1S/C15H21NO3/c1-2-14(19-12-7-4-3-5-8-12)15(17)16-11-13-9-6-10-18-13/h3-5,7-8,13-14H,2,6,9-11H2,1H3,(H,16,17)/t13-,14-/m1/s1. The number of carbonyl (C=O) groups is 1. The van der Waals surface area contributed by atoms with Crippen LogP contribution in [0.3, 0.4) is 0 Å². The fourth-order valence-electron chi connectivity index (χ4n) is 2.12. The minimum atomic E-state index is -0.441. The molecule has 4 nitrogen and oxygen atoms in total. The van der Waals surface area contributed by atoms with Gasteiger partial charge in [0, 0.05) is 13.2 Å². The topological polar surface area (TPSA) is 47.6 Å². The van der Waals surface area contributed by atoms with Crippen LogP contribution < -0.4 is 10.1 Å². The Kier molecular flexibility index (Phi) is 5.21. The van der Waals surface area contributed by atoms with Crippen LogP contribution in [0.1, 0.15) is 26.2 Å². The predicted molar refractivity (Wildman–Crippen MR) is 73.1 cm³/mol. The SMILES string of the molecule is CC[C@@H](Oc1ccccc1)C(=O)NC[C@H]1CCCO1. The molecule has 4 heteroatoms. The van der Waals surface area contributed by atoms with Gasteiger partial charge in [-0.05, 0) is 31.4 Å². The van der Waals surface area contributed by atoms with Crippen LogP contribution in [0.15, 0.2) is 30.3 Å². The molecule has 1 aromatic carbocycles. The monoisotopic (exact) mass is 263 g/mol. The molecule has 1 heterocycles. The predicted octanol–water partition coefficient (Wildman–Crippen LogP) is 2.14. The van der Waals surface area contributed by atoms with Crippen molar-refractivity contribution in [3.63, 3.8) is 0 Å². The molecule has 104 valence electrons. The molecule has 2 atom stereocenters. The Morgan fingerprint density at radius 2 is 2.26 bits per heavy atom. The smallest absolute Gasteiger partial charge is 0.261 e. The van der Waals surface area contributed by atoms with E-state index in [0.29, 0.717) is 13.0 Å². The first kappa shape index (κ1) is 13.9. The van der Waals surface area contributed by atoms with Crippen molar-refractivity contribution >= 4 is 5.91 Å². The molecule has 0 radical (unpaired) electrons. The first-order chi connectivity index (χ1) is 9.29. The maximum atomic E-state index is 12.0. The van der Waals surface area contributed by atoms with E-state index in [1.54, 1.807) is 0 Å². The number of amides is 1. The van der Waals surface area contributed by atoms with Gasteiger partial charge in [0.25, 0.3) is 5.91 Å². The maximum Gasteiger partial charge on any atom is 0.261 e. The lowest BCUT2D eigenvalue weighted by molar-refractivity contribution is -0.128. The summed E-state index contributed by atoms with van der Waals surface area (Å²) in [4.78, 5) is 12.0. The number of hydrogen-bond acceptors (Lipinski definition) is 3. The van der Waals surface area contributed by atoms with Crippen molar-refractivity contribution in [2.24, 2.45) is 0 Å². The molecule has 1 aromatic rings. The molecule has 1 amide bonds.